The first-order chi connectivity index (χ1) is 16.2. The van der Waals surface area contributed by atoms with Crippen LogP contribution in [0.4, 0.5) is 0 Å². The average Bonchev–Trinajstić information content (AvgIpc) is 3.26. The number of hydrogen-bond acceptors (Lipinski definition) is 3. The standard InChI is InChI=1S/C26H27ClN3O3/c27-21-6-4-17(5-7-21)25-22-13-19-15-28-30(24-3-1-2-10-33-24)23(19)14-20(22)16-29(31)26(25)18-8-11-32-12-9-18/h4-7,13-16,18,24,28H,1-3,8-12H2/q+1. The molecule has 0 spiro atoms. The molecule has 2 aliphatic heterocycles. The van der Waals surface area contributed by atoms with Crippen molar-refractivity contribution in [3.63, 3.8) is 0 Å². The fourth-order valence-electron chi connectivity index (χ4n) is 5.36. The van der Waals surface area contributed by atoms with Gasteiger partial charge in [-0.05, 0) is 61.9 Å². The quantitative estimate of drug-likeness (QED) is 0.381. The molecule has 7 heteroatoms. The molecule has 2 saturated heterocycles. The van der Waals surface area contributed by atoms with Crippen molar-refractivity contribution >= 4 is 33.3 Å². The van der Waals surface area contributed by atoms with Gasteiger partial charge in [0.2, 0.25) is 6.20 Å². The maximum absolute atomic E-state index is 13.5. The number of hydrogen-bond donors (Lipinski definition) is 1. The SMILES string of the molecule is O=[n+]1cc2cc3c(c[nH]n3C3CCCCO3)cc2c(-c2ccc(Cl)cc2)c1C1CCOCC1. The van der Waals surface area contributed by atoms with E-state index in [4.69, 9.17) is 21.1 Å². The molecule has 6 rings (SSSR count). The summed E-state index contributed by atoms with van der Waals surface area (Å²) in [6.07, 6.45) is 8.71. The molecule has 2 aromatic heterocycles. The van der Waals surface area contributed by atoms with Crippen LogP contribution in [0.25, 0.3) is 32.8 Å². The number of aromatic nitrogens is 3. The third-order valence-electron chi connectivity index (χ3n) is 7.02. The zero-order valence-electron chi connectivity index (χ0n) is 18.4. The molecular weight excluding hydrogens is 438 g/mol. The van der Waals surface area contributed by atoms with Crippen LogP contribution >= 0.6 is 11.6 Å². The Bertz CT molecular complexity index is 1360. The minimum absolute atomic E-state index is 0.00493. The van der Waals surface area contributed by atoms with Crippen molar-refractivity contribution in [2.75, 3.05) is 19.8 Å². The number of fused-ring (bicyclic) bond motifs is 2. The van der Waals surface area contributed by atoms with Crippen LogP contribution in [0.15, 0.2) is 48.8 Å². The van der Waals surface area contributed by atoms with E-state index in [1.807, 2.05) is 30.5 Å². The molecule has 0 radical (unpaired) electrons. The number of nitrogens with one attached hydrogen (secondary N) is 1. The van der Waals surface area contributed by atoms with Gasteiger partial charge in [-0.2, -0.15) is 0 Å². The Kier molecular flexibility index (Phi) is 5.45. The van der Waals surface area contributed by atoms with Gasteiger partial charge in [0.1, 0.15) is 6.23 Å². The van der Waals surface area contributed by atoms with Crippen molar-refractivity contribution in [1.82, 2.24) is 9.78 Å². The molecule has 0 aliphatic carbocycles. The van der Waals surface area contributed by atoms with Gasteiger partial charge in [0, 0.05) is 46.7 Å². The van der Waals surface area contributed by atoms with E-state index in [-0.39, 0.29) is 12.1 Å². The third kappa shape index (κ3) is 3.76. The monoisotopic (exact) mass is 464 g/mol. The zero-order chi connectivity index (χ0) is 22.4. The number of benzene rings is 2. The van der Waals surface area contributed by atoms with E-state index < -0.39 is 0 Å². The molecule has 4 heterocycles. The number of aromatic amines is 1. The zero-order valence-corrected chi connectivity index (χ0v) is 19.2. The highest BCUT2D eigenvalue weighted by atomic mass is 35.5. The van der Waals surface area contributed by atoms with Gasteiger partial charge < -0.3 is 14.6 Å². The molecule has 2 fully saturated rings. The summed E-state index contributed by atoms with van der Waals surface area (Å²) < 4.78 is 14.8. The van der Waals surface area contributed by atoms with Crippen LogP contribution in [0.2, 0.25) is 5.02 Å². The summed E-state index contributed by atoms with van der Waals surface area (Å²) in [6.45, 7) is 2.14. The Labute approximate surface area is 196 Å². The van der Waals surface area contributed by atoms with Gasteiger partial charge >= 0.3 is 0 Å². The molecule has 6 nitrogen and oxygen atoms in total. The topological polar surface area (TPSA) is 62.2 Å². The molecule has 2 aliphatic rings. The molecule has 0 amide bonds. The van der Waals surface area contributed by atoms with Crippen LogP contribution in [0, 0.1) is 4.91 Å². The number of halogens is 1. The Morgan fingerprint density at radius 2 is 1.82 bits per heavy atom. The van der Waals surface area contributed by atoms with Crippen LogP contribution in [0.3, 0.4) is 0 Å². The van der Waals surface area contributed by atoms with Gasteiger partial charge in [-0.3, -0.25) is 4.68 Å². The summed E-state index contributed by atoms with van der Waals surface area (Å²) in [7, 11) is 0. The van der Waals surface area contributed by atoms with Crippen molar-refractivity contribution in [2.24, 2.45) is 0 Å². The van der Waals surface area contributed by atoms with E-state index in [9.17, 15) is 4.91 Å². The lowest BCUT2D eigenvalue weighted by molar-refractivity contribution is -0.505. The third-order valence-corrected chi connectivity index (χ3v) is 7.27. The van der Waals surface area contributed by atoms with Gasteiger partial charge in [-0.25, -0.2) is 0 Å². The second-order valence-corrected chi connectivity index (χ2v) is 9.51. The van der Waals surface area contributed by atoms with Crippen LogP contribution in [0.1, 0.15) is 49.9 Å². The highest BCUT2D eigenvalue weighted by molar-refractivity contribution is 6.30. The van der Waals surface area contributed by atoms with Crippen molar-refractivity contribution in [2.45, 2.75) is 44.2 Å². The Morgan fingerprint density at radius 1 is 1.00 bits per heavy atom. The molecule has 33 heavy (non-hydrogen) atoms. The Morgan fingerprint density at radius 3 is 2.58 bits per heavy atom. The average molecular weight is 465 g/mol. The number of H-pyrrole nitrogens is 1. The second kappa shape index (κ2) is 8.60. The molecule has 0 saturated carbocycles. The highest BCUT2D eigenvalue weighted by Crippen LogP contribution is 2.39. The van der Waals surface area contributed by atoms with Crippen molar-refractivity contribution in [3.05, 3.63) is 64.4 Å². The Balaban J connectivity index is 1.60. The van der Waals surface area contributed by atoms with E-state index >= 15 is 0 Å². The number of pyridine rings is 1. The van der Waals surface area contributed by atoms with Crippen LogP contribution < -0.4 is 4.43 Å². The maximum atomic E-state index is 13.5. The molecule has 1 N–H and O–H groups in total. The lowest BCUT2D eigenvalue weighted by atomic mass is 9.87. The van der Waals surface area contributed by atoms with Gasteiger partial charge in [0.25, 0.3) is 5.69 Å². The second-order valence-electron chi connectivity index (χ2n) is 9.07. The summed E-state index contributed by atoms with van der Waals surface area (Å²) in [6, 6.07) is 12.1. The van der Waals surface area contributed by atoms with E-state index in [0.717, 1.165) is 81.6 Å². The maximum Gasteiger partial charge on any atom is 0.251 e. The number of rotatable bonds is 3. The summed E-state index contributed by atoms with van der Waals surface area (Å²) in [5, 5.41) is 7.18. The van der Waals surface area contributed by atoms with Gasteiger partial charge in [0.15, 0.2) is 0 Å². The van der Waals surface area contributed by atoms with E-state index in [1.54, 1.807) is 6.20 Å². The lowest BCUT2D eigenvalue weighted by Crippen LogP contribution is -2.28. The first-order valence-electron chi connectivity index (χ1n) is 11.8. The summed E-state index contributed by atoms with van der Waals surface area (Å²) in [4.78, 5) is 13.5. The van der Waals surface area contributed by atoms with Gasteiger partial charge in [-0.15, -0.1) is 0 Å². The predicted molar refractivity (Wildman–Crippen MR) is 129 cm³/mol. The first kappa shape index (κ1) is 20.9. The molecular formula is C26H27ClN3O3+. The Hall–Kier alpha value is -2.67. The minimum atomic E-state index is 0.00493. The van der Waals surface area contributed by atoms with Crippen LogP contribution in [-0.2, 0) is 9.47 Å². The molecule has 170 valence electrons. The lowest BCUT2D eigenvalue weighted by Gasteiger charge is -2.24. The van der Waals surface area contributed by atoms with Crippen LogP contribution in [-0.4, -0.2) is 29.6 Å². The van der Waals surface area contributed by atoms with Crippen molar-refractivity contribution < 1.29 is 13.9 Å². The smallest absolute Gasteiger partial charge is 0.251 e. The van der Waals surface area contributed by atoms with Gasteiger partial charge in [-0.1, -0.05) is 23.7 Å². The predicted octanol–water partition coefficient (Wildman–Crippen LogP) is 5.95. The molecule has 1 atom stereocenters. The fourth-order valence-corrected chi connectivity index (χ4v) is 5.49. The van der Waals surface area contributed by atoms with E-state index in [1.165, 1.54) is 0 Å². The van der Waals surface area contributed by atoms with Gasteiger partial charge in [0.05, 0.1) is 26.8 Å². The summed E-state index contributed by atoms with van der Waals surface area (Å²) in [5.74, 6) is 0.161. The first-order valence-corrected chi connectivity index (χ1v) is 12.1. The molecule has 1 unspecified atom stereocenters. The number of ether oxygens (including phenoxy) is 2. The fraction of sp³-hybridized carbons (Fsp3) is 0.385. The van der Waals surface area contributed by atoms with Crippen molar-refractivity contribution in [3.8, 4) is 11.1 Å². The molecule has 2 aromatic carbocycles. The van der Waals surface area contributed by atoms with E-state index in [2.05, 4.69) is 21.9 Å². The minimum Gasteiger partial charge on any atom is -0.381 e. The largest absolute Gasteiger partial charge is 0.381 e. The molecule has 4 aromatic rings. The highest BCUT2D eigenvalue weighted by Gasteiger charge is 2.31. The summed E-state index contributed by atoms with van der Waals surface area (Å²) in [5.41, 5.74) is 3.88. The normalized spacial score (nSPS) is 20.0. The van der Waals surface area contributed by atoms with E-state index in [0.29, 0.717) is 18.2 Å². The summed E-state index contributed by atoms with van der Waals surface area (Å²) >= 11 is 6.19. The van der Waals surface area contributed by atoms with Crippen LogP contribution in [0.5, 0.6) is 0 Å². The van der Waals surface area contributed by atoms with Crippen molar-refractivity contribution in [1.29, 1.82) is 0 Å². The molecule has 0 bridgehead atoms. The number of nitrogens with zero attached hydrogens (tertiary/aromatic N) is 2.